The summed E-state index contributed by atoms with van der Waals surface area (Å²) in [4.78, 5) is 30.5. The van der Waals surface area contributed by atoms with Crippen LogP contribution in [0.4, 0.5) is 5.69 Å². The number of aromatic nitrogens is 1. The molecular weight excluding hydrogens is 348 g/mol. The number of hydrogen-bond acceptors (Lipinski definition) is 6. The van der Waals surface area contributed by atoms with Crippen LogP contribution in [0.25, 0.3) is 0 Å². The Morgan fingerprint density at radius 2 is 2.15 bits per heavy atom. The molecule has 1 fully saturated rings. The number of hydrogen-bond donors (Lipinski definition) is 2. The maximum absolute atomic E-state index is 11.5. The molecule has 1 unspecified atom stereocenters. The lowest BCUT2D eigenvalue weighted by Crippen LogP contribution is -2.54. The minimum absolute atomic E-state index is 0.189. The molecule has 1 aliphatic rings. The zero-order valence-electron chi connectivity index (χ0n) is 15.0. The number of carbonyl (C=O) groups excluding carboxylic acids is 1. The first kappa shape index (κ1) is 18.8. The summed E-state index contributed by atoms with van der Waals surface area (Å²) in [5.74, 6) is -0.136. The molecular formula is C19H22N4O4. The summed E-state index contributed by atoms with van der Waals surface area (Å²) in [5, 5.41) is 12.2. The van der Waals surface area contributed by atoms with Crippen LogP contribution in [0, 0.1) is 0 Å². The molecule has 1 atom stereocenters. The fraction of sp³-hybridized carbons (Fsp3) is 0.316. The number of anilines is 1. The number of carboxylic acids is 1. The minimum atomic E-state index is -0.989. The van der Waals surface area contributed by atoms with Crippen molar-refractivity contribution in [2.75, 3.05) is 38.1 Å². The quantitative estimate of drug-likeness (QED) is 0.712. The van der Waals surface area contributed by atoms with Crippen LogP contribution in [0.2, 0.25) is 0 Å². The number of nitrogens with one attached hydrogen (secondary N) is 1. The first-order valence-electron chi connectivity index (χ1n) is 8.67. The van der Waals surface area contributed by atoms with Crippen molar-refractivity contribution in [1.29, 1.82) is 0 Å². The van der Waals surface area contributed by atoms with Gasteiger partial charge in [0.15, 0.2) is 0 Å². The topological polar surface area (TPSA) is 95.0 Å². The van der Waals surface area contributed by atoms with Crippen molar-refractivity contribution in [2.24, 2.45) is 0 Å². The molecule has 0 saturated carbocycles. The van der Waals surface area contributed by atoms with Crippen molar-refractivity contribution in [3.05, 3.63) is 48.2 Å². The first-order chi connectivity index (χ1) is 13.1. The van der Waals surface area contributed by atoms with Crippen LogP contribution in [0.3, 0.4) is 0 Å². The Hall–Kier alpha value is -2.97. The van der Waals surface area contributed by atoms with Gasteiger partial charge in [0, 0.05) is 38.3 Å². The van der Waals surface area contributed by atoms with E-state index in [0.717, 1.165) is 26.0 Å². The van der Waals surface area contributed by atoms with Crippen molar-refractivity contribution >= 4 is 18.1 Å². The molecule has 142 valence electrons. The van der Waals surface area contributed by atoms with Gasteiger partial charge in [0.2, 0.25) is 12.3 Å². The number of aromatic carboxylic acids is 1. The summed E-state index contributed by atoms with van der Waals surface area (Å²) in [6, 6.07) is 9.78. The molecule has 27 heavy (non-hydrogen) atoms. The van der Waals surface area contributed by atoms with E-state index in [-0.39, 0.29) is 11.6 Å². The normalized spacial score (nSPS) is 17.3. The predicted molar refractivity (Wildman–Crippen MR) is 100 cm³/mol. The van der Waals surface area contributed by atoms with Crippen molar-refractivity contribution in [2.45, 2.75) is 6.04 Å². The van der Waals surface area contributed by atoms with Gasteiger partial charge in [0.1, 0.15) is 5.75 Å². The number of ether oxygens (including phenoxy) is 1. The summed E-state index contributed by atoms with van der Waals surface area (Å²) in [5.41, 5.74) is 0.881. The Labute approximate surface area is 157 Å². The number of likely N-dealkylation sites (N-methyl/N-ethyl adjacent to an activating group) is 1. The third-order valence-corrected chi connectivity index (χ3v) is 4.56. The van der Waals surface area contributed by atoms with E-state index in [0.29, 0.717) is 23.9 Å². The lowest BCUT2D eigenvalue weighted by molar-refractivity contribution is -0.107. The lowest BCUT2D eigenvalue weighted by atomic mass is 10.2. The number of nitrogens with zero attached hydrogens (tertiary/aromatic N) is 3. The minimum Gasteiger partial charge on any atom is -0.478 e. The molecule has 0 spiro atoms. The van der Waals surface area contributed by atoms with E-state index < -0.39 is 5.97 Å². The van der Waals surface area contributed by atoms with E-state index >= 15 is 0 Å². The molecule has 1 aromatic carbocycles. The summed E-state index contributed by atoms with van der Waals surface area (Å²) < 4.78 is 5.62. The summed E-state index contributed by atoms with van der Waals surface area (Å²) in [7, 11) is 2.05. The van der Waals surface area contributed by atoms with Gasteiger partial charge < -0.3 is 20.1 Å². The summed E-state index contributed by atoms with van der Waals surface area (Å²) in [6.07, 6.45) is 2.40. The second-order valence-electron chi connectivity index (χ2n) is 6.38. The van der Waals surface area contributed by atoms with Gasteiger partial charge in [-0.3, -0.25) is 9.69 Å². The van der Waals surface area contributed by atoms with Gasteiger partial charge in [-0.2, -0.15) is 0 Å². The third-order valence-electron chi connectivity index (χ3n) is 4.56. The van der Waals surface area contributed by atoms with Crippen molar-refractivity contribution < 1.29 is 19.4 Å². The Kier molecular flexibility index (Phi) is 6.00. The molecule has 3 rings (SSSR count). The van der Waals surface area contributed by atoms with E-state index in [1.165, 1.54) is 12.1 Å². The number of carboxylic acid groups (broad SMARTS) is 1. The van der Waals surface area contributed by atoms with Crippen LogP contribution >= 0.6 is 0 Å². The molecule has 8 heteroatoms. The maximum atomic E-state index is 11.5. The molecule has 1 saturated heterocycles. The highest BCUT2D eigenvalue weighted by Crippen LogP contribution is 2.22. The summed E-state index contributed by atoms with van der Waals surface area (Å²) >= 11 is 0. The zero-order chi connectivity index (χ0) is 19.2. The molecule has 0 aliphatic carbocycles. The average molecular weight is 370 g/mol. The average Bonchev–Trinajstić information content (AvgIpc) is 2.68. The van der Waals surface area contributed by atoms with Gasteiger partial charge in [-0.25, -0.2) is 9.78 Å². The Morgan fingerprint density at radius 3 is 2.74 bits per heavy atom. The highest BCUT2D eigenvalue weighted by Gasteiger charge is 2.21. The van der Waals surface area contributed by atoms with Crippen molar-refractivity contribution in [3.63, 3.8) is 0 Å². The van der Waals surface area contributed by atoms with E-state index in [2.05, 4.69) is 22.2 Å². The van der Waals surface area contributed by atoms with E-state index in [4.69, 9.17) is 9.84 Å². The number of rotatable bonds is 7. The van der Waals surface area contributed by atoms with Crippen LogP contribution < -0.4 is 15.0 Å². The second-order valence-corrected chi connectivity index (χ2v) is 6.38. The predicted octanol–water partition coefficient (Wildman–Crippen LogP) is 1.44. The van der Waals surface area contributed by atoms with E-state index in [9.17, 15) is 9.59 Å². The molecule has 1 aliphatic heterocycles. The Bertz CT molecular complexity index is 779. The lowest BCUT2D eigenvalue weighted by Gasteiger charge is -2.35. The second kappa shape index (κ2) is 8.61. The third kappa shape index (κ3) is 4.81. The number of carbonyl (C=O) groups is 2. The molecule has 1 aromatic heterocycles. The molecule has 0 radical (unpaired) electrons. The van der Waals surface area contributed by atoms with Crippen LogP contribution in [0.1, 0.15) is 10.4 Å². The number of benzene rings is 1. The standard InChI is InChI=1S/C19H22N4O4/c1-22-9-8-20-10-16(22)12-23(13-24)15-4-7-18(21-11-15)27-17-5-2-14(3-6-17)19(25)26/h2-7,11,13,16,20H,8-10,12H2,1H3,(H,25,26). The highest BCUT2D eigenvalue weighted by atomic mass is 16.5. The first-order valence-corrected chi connectivity index (χ1v) is 8.67. The molecule has 1 amide bonds. The fourth-order valence-corrected chi connectivity index (χ4v) is 2.89. The van der Waals surface area contributed by atoms with Crippen molar-refractivity contribution in [1.82, 2.24) is 15.2 Å². The Morgan fingerprint density at radius 1 is 1.37 bits per heavy atom. The highest BCUT2D eigenvalue weighted by molar-refractivity contribution is 5.87. The van der Waals surface area contributed by atoms with Gasteiger partial charge in [0.25, 0.3) is 0 Å². The number of pyridine rings is 1. The van der Waals surface area contributed by atoms with Gasteiger partial charge in [-0.1, -0.05) is 0 Å². The molecule has 2 heterocycles. The zero-order valence-corrected chi connectivity index (χ0v) is 15.0. The van der Waals surface area contributed by atoms with E-state index in [1.807, 2.05) is 0 Å². The van der Waals surface area contributed by atoms with Crippen LogP contribution in [-0.4, -0.2) is 66.6 Å². The number of amides is 1. The molecule has 8 nitrogen and oxygen atoms in total. The maximum Gasteiger partial charge on any atom is 0.335 e. The van der Waals surface area contributed by atoms with Gasteiger partial charge >= 0.3 is 5.97 Å². The largest absolute Gasteiger partial charge is 0.478 e. The smallest absolute Gasteiger partial charge is 0.335 e. The molecule has 2 aromatic rings. The summed E-state index contributed by atoms with van der Waals surface area (Å²) in [6.45, 7) is 3.31. The van der Waals surface area contributed by atoms with Crippen LogP contribution in [0.15, 0.2) is 42.6 Å². The van der Waals surface area contributed by atoms with Crippen LogP contribution in [0.5, 0.6) is 11.6 Å². The monoisotopic (exact) mass is 370 g/mol. The van der Waals surface area contributed by atoms with Gasteiger partial charge in [-0.15, -0.1) is 0 Å². The van der Waals surface area contributed by atoms with Crippen molar-refractivity contribution in [3.8, 4) is 11.6 Å². The Balaban J connectivity index is 1.64. The molecule has 2 N–H and O–H groups in total. The SMILES string of the molecule is CN1CCNCC1CN(C=O)c1ccc(Oc2ccc(C(=O)O)cc2)nc1. The van der Waals surface area contributed by atoms with Crippen LogP contribution in [-0.2, 0) is 4.79 Å². The molecule has 0 bridgehead atoms. The fourth-order valence-electron chi connectivity index (χ4n) is 2.89. The van der Waals surface area contributed by atoms with Gasteiger partial charge in [0.05, 0.1) is 17.4 Å². The van der Waals surface area contributed by atoms with Gasteiger partial charge in [-0.05, 0) is 37.4 Å². The number of piperazine rings is 1. The van der Waals surface area contributed by atoms with E-state index in [1.54, 1.807) is 35.4 Å².